The minimum atomic E-state index is -3.71. The Morgan fingerprint density at radius 3 is 2.90 bits per heavy atom. The van der Waals surface area contributed by atoms with E-state index in [0.29, 0.717) is 24.5 Å². The molecule has 1 aliphatic rings. The largest absolute Gasteiger partial charge is 0.488 e. The monoisotopic (exact) mass is 309 g/mol. The fourth-order valence-electron chi connectivity index (χ4n) is 2.21. The summed E-state index contributed by atoms with van der Waals surface area (Å²) >= 11 is 0. The van der Waals surface area contributed by atoms with E-state index in [9.17, 15) is 8.42 Å². The summed E-state index contributed by atoms with van der Waals surface area (Å²) in [4.78, 5) is 0.156. The van der Waals surface area contributed by atoms with Crippen LogP contribution in [0.1, 0.15) is 11.3 Å². The Kier molecular flexibility index (Phi) is 3.34. The molecule has 0 bridgehead atoms. The van der Waals surface area contributed by atoms with E-state index in [0.717, 1.165) is 5.56 Å². The molecule has 0 aliphatic carbocycles. The predicted octanol–water partition coefficient (Wildman–Crippen LogP) is 1.05. The van der Waals surface area contributed by atoms with Crippen LogP contribution in [0.15, 0.2) is 33.7 Å². The number of hydrogen-bond acceptors (Lipinski definition) is 6. The van der Waals surface area contributed by atoms with Crippen molar-refractivity contribution in [2.75, 3.05) is 11.3 Å². The first kappa shape index (κ1) is 13.9. The van der Waals surface area contributed by atoms with Crippen molar-refractivity contribution in [3.05, 3.63) is 35.6 Å². The van der Waals surface area contributed by atoms with Crippen LogP contribution in [-0.4, -0.2) is 26.2 Å². The summed E-state index contributed by atoms with van der Waals surface area (Å²) in [5.74, 6) is 1.37. The molecule has 7 nitrogen and oxygen atoms in total. The van der Waals surface area contributed by atoms with Crippen molar-refractivity contribution in [3.63, 3.8) is 0 Å². The molecular weight excluding hydrogens is 294 g/mol. The number of sulfonamides is 1. The topological polar surface area (TPSA) is 107 Å². The molecule has 8 heteroatoms. The molecule has 2 aromatic rings. The molecule has 0 saturated carbocycles. The maximum absolute atomic E-state index is 12.3. The maximum Gasteiger partial charge on any atom is 0.263 e. The van der Waals surface area contributed by atoms with Crippen LogP contribution in [0.25, 0.3) is 0 Å². The summed E-state index contributed by atoms with van der Waals surface area (Å²) in [7, 11) is -3.71. The third kappa shape index (κ3) is 2.72. The van der Waals surface area contributed by atoms with Gasteiger partial charge in [-0.3, -0.25) is 4.72 Å². The van der Waals surface area contributed by atoms with Gasteiger partial charge in [0.2, 0.25) is 0 Å². The lowest BCUT2D eigenvalue weighted by Crippen LogP contribution is -2.24. The zero-order chi connectivity index (χ0) is 15.0. The fraction of sp³-hybridized carbons (Fsp3) is 0.308. The van der Waals surface area contributed by atoms with Crippen molar-refractivity contribution in [3.8, 4) is 5.75 Å². The molecule has 3 N–H and O–H groups in total. The Labute approximate surface area is 122 Å². The predicted molar refractivity (Wildman–Crippen MR) is 75.7 cm³/mol. The van der Waals surface area contributed by atoms with Crippen LogP contribution >= 0.6 is 0 Å². The summed E-state index contributed by atoms with van der Waals surface area (Å²) in [6.45, 7) is 2.08. The number of ether oxygens (including phenoxy) is 1. The van der Waals surface area contributed by atoms with Crippen molar-refractivity contribution in [1.29, 1.82) is 0 Å². The zero-order valence-corrected chi connectivity index (χ0v) is 12.2. The molecular formula is C13H15N3O4S. The molecule has 1 aromatic heterocycles. The fourth-order valence-corrected chi connectivity index (χ4v) is 3.24. The number of aromatic nitrogens is 1. The molecule has 1 aromatic carbocycles. The van der Waals surface area contributed by atoms with Crippen molar-refractivity contribution < 1.29 is 17.7 Å². The Balaban J connectivity index is 1.87. The summed E-state index contributed by atoms with van der Waals surface area (Å²) in [5, 5.41) is 3.62. The van der Waals surface area contributed by atoms with E-state index in [2.05, 4.69) is 9.88 Å². The first-order chi connectivity index (χ1) is 9.98. The minimum absolute atomic E-state index is 0.0934. The van der Waals surface area contributed by atoms with E-state index < -0.39 is 10.0 Å². The van der Waals surface area contributed by atoms with Gasteiger partial charge < -0.3 is 15.0 Å². The van der Waals surface area contributed by atoms with Gasteiger partial charge in [0.15, 0.2) is 5.82 Å². The van der Waals surface area contributed by atoms with Crippen LogP contribution in [0, 0.1) is 6.92 Å². The highest BCUT2D eigenvalue weighted by molar-refractivity contribution is 7.92. The SMILES string of the molecule is Cc1cc(NS(=O)(=O)c2ccc3c(c2)CC(CN)O3)no1. The van der Waals surface area contributed by atoms with Crippen LogP contribution in [0.3, 0.4) is 0 Å². The van der Waals surface area contributed by atoms with E-state index in [1.807, 2.05) is 0 Å². The molecule has 0 fully saturated rings. The summed E-state index contributed by atoms with van der Waals surface area (Å²) < 4.78 is 37.4. The Morgan fingerprint density at radius 1 is 1.43 bits per heavy atom. The molecule has 1 aliphatic heterocycles. The average molecular weight is 309 g/mol. The van der Waals surface area contributed by atoms with Gasteiger partial charge in [-0.25, -0.2) is 8.42 Å². The van der Waals surface area contributed by atoms with Crippen LogP contribution < -0.4 is 15.2 Å². The van der Waals surface area contributed by atoms with Gasteiger partial charge in [-0.05, 0) is 30.7 Å². The number of aryl methyl sites for hydroxylation is 1. The van der Waals surface area contributed by atoms with Gasteiger partial charge in [0.05, 0.1) is 4.90 Å². The number of nitrogens with one attached hydrogen (secondary N) is 1. The van der Waals surface area contributed by atoms with Crippen molar-refractivity contribution in [1.82, 2.24) is 5.16 Å². The third-order valence-electron chi connectivity index (χ3n) is 3.21. The second kappa shape index (κ2) is 5.05. The first-order valence-electron chi connectivity index (χ1n) is 6.44. The second-order valence-corrected chi connectivity index (χ2v) is 6.56. The molecule has 21 heavy (non-hydrogen) atoms. The number of hydrogen-bond donors (Lipinski definition) is 2. The van der Waals surface area contributed by atoms with Crippen molar-refractivity contribution >= 4 is 15.8 Å². The third-order valence-corrected chi connectivity index (χ3v) is 4.57. The Morgan fingerprint density at radius 2 is 2.24 bits per heavy atom. The zero-order valence-electron chi connectivity index (χ0n) is 11.4. The van der Waals surface area contributed by atoms with Crippen LogP contribution in [0.5, 0.6) is 5.75 Å². The quantitative estimate of drug-likeness (QED) is 0.874. The lowest BCUT2D eigenvalue weighted by molar-refractivity contribution is 0.241. The van der Waals surface area contributed by atoms with E-state index in [1.165, 1.54) is 12.1 Å². The van der Waals surface area contributed by atoms with Gasteiger partial charge in [-0.1, -0.05) is 5.16 Å². The number of anilines is 1. The Bertz CT molecular complexity index is 769. The van der Waals surface area contributed by atoms with Gasteiger partial charge in [-0.15, -0.1) is 0 Å². The van der Waals surface area contributed by atoms with Gasteiger partial charge in [0.1, 0.15) is 17.6 Å². The van der Waals surface area contributed by atoms with Crippen molar-refractivity contribution in [2.24, 2.45) is 5.73 Å². The highest BCUT2D eigenvalue weighted by atomic mass is 32.2. The molecule has 0 radical (unpaired) electrons. The molecule has 1 unspecified atom stereocenters. The molecule has 0 amide bonds. The van der Waals surface area contributed by atoms with E-state index >= 15 is 0 Å². The number of nitrogens with zero attached hydrogens (tertiary/aromatic N) is 1. The van der Waals surface area contributed by atoms with Crippen molar-refractivity contribution in [2.45, 2.75) is 24.3 Å². The normalized spacial score (nSPS) is 17.3. The lowest BCUT2D eigenvalue weighted by atomic mass is 10.1. The standard InChI is InChI=1S/C13H15N3O4S/c1-8-4-13(15-20-8)16-21(17,18)11-2-3-12-9(6-11)5-10(7-14)19-12/h2-4,6,10H,5,7,14H2,1H3,(H,15,16). The average Bonchev–Trinajstić information content (AvgIpc) is 3.03. The number of rotatable bonds is 4. The summed E-state index contributed by atoms with van der Waals surface area (Å²) in [5.41, 5.74) is 6.40. The van der Waals surface area contributed by atoms with Crippen LogP contribution in [0.4, 0.5) is 5.82 Å². The number of benzene rings is 1. The highest BCUT2D eigenvalue weighted by Crippen LogP contribution is 2.31. The van der Waals surface area contributed by atoms with Gasteiger partial charge >= 0.3 is 0 Å². The smallest absolute Gasteiger partial charge is 0.263 e. The second-order valence-electron chi connectivity index (χ2n) is 4.88. The minimum Gasteiger partial charge on any atom is -0.488 e. The maximum atomic E-state index is 12.3. The summed E-state index contributed by atoms with van der Waals surface area (Å²) in [6, 6.07) is 6.25. The lowest BCUT2D eigenvalue weighted by Gasteiger charge is -2.07. The molecule has 112 valence electrons. The Hall–Kier alpha value is -2.06. The highest BCUT2D eigenvalue weighted by Gasteiger charge is 2.25. The van der Waals surface area contributed by atoms with E-state index in [1.54, 1.807) is 19.1 Å². The van der Waals surface area contributed by atoms with Crippen LogP contribution in [-0.2, 0) is 16.4 Å². The van der Waals surface area contributed by atoms with Gasteiger partial charge in [0.25, 0.3) is 10.0 Å². The summed E-state index contributed by atoms with van der Waals surface area (Å²) in [6.07, 6.45) is 0.516. The van der Waals surface area contributed by atoms with Gasteiger partial charge in [-0.2, -0.15) is 0 Å². The molecule has 0 saturated heterocycles. The molecule has 1 atom stereocenters. The molecule has 3 rings (SSSR count). The molecule has 0 spiro atoms. The number of nitrogens with two attached hydrogens (primary N) is 1. The van der Waals surface area contributed by atoms with Crippen LogP contribution in [0.2, 0.25) is 0 Å². The first-order valence-corrected chi connectivity index (χ1v) is 7.92. The van der Waals surface area contributed by atoms with E-state index in [4.69, 9.17) is 15.0 Å². The number of fused-ring (bicyclic) bond motifs is 1. The van der Waals surface area contributed by atoms with E-state index in [-0.39, 0.29) is 16.8 Å². The molecule has 2 heterocycles. The van der Waals surface area contributed by atoms with Gasteiger partial charge in [0, 0.05) is 19.0 Å².